The van der Waals surface area contributed by atoms with Gasteiger partial charge in [-0.25, -0.2) is 4.79 Å². The molecule has 4 aliphatic rings. The summed E-state index contributed by atoms with van der Waals surface area (Å²) in [5.74, 6) is 1.48. The van der Waals surface area contributed by atoms with E-state index in [-0.39, 0.29) is 12.2 Å². The summed E-state index contributed by atoms with van der Waals surface area (Å²) in [6.07, 6.45) is 18.5. The molecule has 0 spiro atoms. The molecule has 1 aliphatic heterocycles. The predicted molar refractivity (Wildman–Crippen MR) is 155 cm³/mol. The highest BCUT2D eigenvalue weighted by atomic mass is 16.7. The van der Waals surface area contributed by atoms with Crippen LogP contribution in [0.4, 0.5) is 0 Å². The lowest BCUT2D eigenvalue weighted by atomic mass is 9.60. The van der Waals surface area contributed by atoms with Crippen LogP contribution >= 0.6 is 0 Å². The van der Waals surface area contributed by atoms with Crippen LogP contribution in [0.3, 0.4) is 0 Å². The van der Waals surface area contributed by atoms with Gasteiger partial charge in [0.05, 0.1) is 12.7 Å². The van der Waals surface area contributed by atoms with Gasteiger partial charge in [0.2, 0.25) is 0 Å². The van der Waals surface area contributed by atoms with Crippen molar-refractivity contribution < 1.29 is 19.0 Å². The summed E-state index contributed by atoms with van der Waals surface area (Å²) in [6.45, 7) is 18.3. The predicted octanol–water partition coefficient (Wildman–Crippen LogP) is 8.71. The van der Waals surface area contributed by atoms with Crippen LogP contribution in [0.2, 0.25) is 0 Å². The summed E-state index contributed by atoms with van der Waals surface area (Å²) in [6, 6.07) is 0. The van der Waals surface area contributed by atoms with Crippen molar-refractivity contribution in [3.63, 3.8) is 0 Å². The van der Waals surface area contributed by atoms with Crippen LogP contribution in [-0.2, 0) is 19.0 Å². The number of fused-ring (bicyclic) bond motifs is 1. The van der Waals surface area contributed by atoms with Crippen molar-refractivity contribution in [2.75, 3.05) is 6.61 Å². The minimum atomic E-state index is -1.30. The molecule has 214 valence electrons. The Balaban J connectivity index is 1.40. The average Bonchev–Trinajstić information content (AvgIpc) is 3.21. The molecule has 4 nitrogen and oxygen atoms in total. The molecule has 3 aliphatic carbocycles. The Bertz CT molecular complexity index is 915. The van der Waals surface area contributed by atoms with Crippen LogP contribution in [0.25, 0.3) is 0 Å². The highest BCUT2D eigenvalue weighted by Gasteiger charge is 2.50. The number of hydrogen-bond acceptors (Lipinski definition) is 4. The van der Waals surface area contributed by atoms with Gasteiger partial charge in [-0.1, -0.05) is 76.8 Å². The minimum absolute atomic E-state index is 0.00564. The molecule has 0 aromatic rings. The second kappa shape index (κ2) is 12.4. The van der Waals surface area contributed by atoms with Crippen molar-refractivity contribution in [1.29, 1.82) is 0 Å². The van der Waals surface area contributed by atoms with Gasteiger partial charge in [0.25, 0.3) is 5.79 Å². The topological polar surface area (TPSA) is 44.8 Å². The first kappa shape index (κ1) is 29.6. The Labute approximate surface area is 232 Å². The highest BCUT2D eigenvalue weighted by Crippen LogP contribution is 2.60. The van der Waals surface area contributed by atoms with E-state index in [0.29, 0.717) is 17.9 Å². The number of esters is 1. The lowest BCUT2D eigenvalue weighted by molar-refractivity contribution is -0.281. The SMILES string of the molecule is C=C1CC[C@H](OC(=O)C2(C)OCC[C@@H](C)O2)C/C1=C/C=C1\CCC[C@]2(C)C([C@H](C)CCCC(C)C)CC[C@@H]12. The van der Waals surface area contributed by atoms with Crippen molar-refractivity contribution in [3.8, 4) is 0 Å². The number of rotatable bonds is 8. The van der Waals surface area contributed by atoms with Crippen molar-refractivity contribution in [2.24, 2.45) is 29.1 Å². The Hall–Kier alpha value is -1.39. The van der Waals surface area contributed by atoms with Gasteiger partial charge in [-0.15, -0.1) is 0 Å². The van der Waals surface area contributed by atoms with Crippen molar-refractivity contribution >= 4 is 5.97 Å². The number of carbonyl (C=O) groups excluding carboxylic acids is 1. The van der Waals surface area contributed by atoms with E-state index in [0.717, 1.165) is 43.4 Å². The Morgan fingerprint density at radius 3 is 2.63 bits per heavy atom. The van der Waals surface area contributed by atoms with E-state index in [4.69, 9.17) is 14.2 Å². The molecule has 3 saturated carbocycles. The molecule has 2 unspecified atom stereocenters. The second-order valence-electron chi connectivity index (χ2n) is 13.7. The third-order valence-electron chi connectivity index (χ3n) is 10.3. The molecule has 0 N–H and O–H groups in total. The van der Waals surface area contributed by atoms with Gasteiger partial charge in [-0.2, -0.15) is 0 Å². The van der Waals surface area contributed by atoms with Gasteiger partial charge in [-0.05, 0) is 93.0 Å². The molecule has 4 fully saturated rings. The number of carbonyl (C=O) groups is 1. The smallest absolute Gasteiger partial charge is 0.366 e. The first-order chi connectivity index (χ1) is 18.0. The molecule has 0 amide bonds. The van der Waals surface area contributed by atoms with E-state index < -0.39 is 11.8 Å². The summed E-state index contributed by atoms with van der Waals surface area (Å²) >= 11 is 0. The molecule has 0 aromatic heterocycles. The maximum atomic E-state index is 12.9. The fourth-order valence-electron chi connectivity index (χ4n) is 8.01. The maximum Gasteiger partial charge on any atom is 0.366 e. The van der Waals surface area contributed by atoms with Gasteiger partial charge >= 0.3 is 5.97 Å². The second-order valence-corrected chi connectivity index (χ2v) is 13.7. The van der Waals surface area contributed by atoms with E-state index in [2.05, 4.69) is 46.4 Å². The highest BCUT2D eigenvalue weighted by molar-refractivity contribution is 5.77. The molecule has 0 aromatic carbocycles. The molecule has 0 radical (unpaired) electrons. The van der Waals surface area contributed by atoms with Gasteiger partial charge in [0.15, 0.2) is 0 Å². The summed E-state index contributed by atoms with van der Waals surface area (Å²) in [5.41, 5.74) is 4.49. The Kier molecular flexibility index (Phi) is 9.67. The molecule has 0 bridgehead atoms. The number of allylic oxidation sites excluding steroid dienone is 4. The van der Waals surface area contributed by atoms with Crippen LogP contribution < -0.4 is 0 Å². The quantitative estimate of drug-likeness (QED) is 0.297. The minimum Gasteiger partial charge on any atom is -0.458 e. The molecular weight excluding hydrogens is 472 g/mol. The normalized spacial score (nSPS) is 39.0. The Morgan fingerprint density at radius 1 is 1.11 bits per heavy atom. The lowest BCUT2D eigenvalue weighted by Gasteiger charge is -2.44. The van der Waals surface area contributed by atoms with Gasteiger partial charge in [0, 0.05) is 13.3 Å². The number of ether oxygens (including phenoxy) is 3. The van der Waals surface area contributed by atoms with E-state index in [1.165, 1.54) is 62.5 Å². The third kappa shape index (κ3) is 6.66. The average molecular weight is 527 g/mol. The van der Waals surface area contributed by atoms with E-state index in [1.807, 2.05) is 6.92 Å². The van der Waals surface area contributed by atoms with Crippen molar-refractivity contribution in [2.45, 2.75) is 137 Å². The first-order valence-corrected chi connectivity index (χ1v) is 15.6. The summed E-state index contributed by atoms with van der Waals surface area (Å²) in [5, 5.41) is 0. The zero-order chi connectivity index (χ0) is 27.5. The van der Waals surface area contributed by atoms with E-state index >= 15 is 0 Å². The Morgan fingerprint density at radius 2 is 1.89 bits per heavy atom. The number of hydrogen-bond donors (Lipinski definition) is 0. The third-order valence-corrected chi connectivity index (χ3v) is 10.3. The summed E-state index contributed by atoms with van der Waals surface area (Å²) < 4.78 is 17.4. The van der Waals surface area contributed by atoms with Gasteiger partial charge < -0.3 is 14.2 Å². The zero-order valence-electron chi connectivity index (χ0n) is 25.2. The fourth-order valence-corrected chi connectivity index (χ4v) is 8.01. The summed E-state index contributed by atoms with van der Waals surface area (Å²) in [7, 11) is 0. The monoisotopic (exact) mass is 526 g/mol. The molecule has 4 heteroatoms. The fraction of sp³-hybridized carbons (Fsp3) is 0.794. The molecule has 4 rings (SSSR count). The van der Waals surface area contributed by atoms with Crippen LogP contribution in [-0.4, -0.2) is 30.6 Å². The van der Waals surface area contributed by atoms with Crippen molar-refractivity contribution in [3.05, 3.63) is 35.5 Å². The van der Waals surface area contributed by atoms with Gasteiger partial charge in [-0.3, -0.25) is 0 Å². The van der Waals surface area contributed by atoms with Crippen molar-refractivity contribution in [1.82, 2.24) is 0 Å². The van der Waals surface area contributed by atoms with E-state index in [9.17, 15) is 4.79 Å². The van der Waals surface area contributed by atoms with Crippen LogP contribution in [0.5, 0.6) is 0 Å². The molecule has 1 saturated heterocycles. The van der Waals surface area contributed by atoms with Gasteiger partial charge in [0.1, 0.15) is 6.10 Å². The molecule has 38 heavy (non-hydrogen) atoms. The maximum absolute atomic E-state index is 12.9. The van der Waals surface area contributed by atoms with E-state index in [1.54, 1.807) is 12.5 Å². The largest absolute Gasteiger partial charge is 0.458 e. The van der Waals surface area contributed by atoms with Crippen LogP contribution in [0.1, 0.15) is 119 Å². The first-order valence-electron chi connectivity index (χ1n) is 15.6. The molecule has 1 heterocycles. The molecule has 7 atom stereocenters. The summed E-state index contributed by atoms with van der Waals surface area (Å²) in [4.78, 5) is 12.9. The zero-order valence-corrected chi connectivity index (χ0v) is 25.2. The standard InChI is InChI=1S/C34H54O4/c1-23(2)10-8-11-25(4)30-17-18-31-27(12-9-20-33(30,31)6)14-15-28-22-29(16-13-24(28)3)37-32(35)34(7)36-21-19-26(5)38-34/h14-15,23,25-26,29-31H,3,8-13,16-22H2,1-2,4-7H3/b27-14+,28-15-/t25-,26-,29+,30?,31+,33-,34?/m1/s1. The van der Waals surface area contributed by atoms with Crippen LogP contribution in [0, 0.1) is 29.1 Å². The molecular formula is C34H54O4. The lowest BCUT2D eigenvalue weighted by Crippen LogP contribution is -2.49. The van der Waals surface area contributed by atoms with Crippen LogP contribution in [0.15, 0.2) is 35.5 Å².